The van der Waals surface area contributed by atoms with Gasteiger partial charge in [-0.15, -0.1) is 11.3 Å². The molecule has 7 unspecified atom stereocenters. The van der Waals surface area contributed by atoms with Crippen molar-refractivity contribution < 1.29 is 28.7 Å². The van der Waals surface area contributed by atoms with E-state index < -0.39 is 29.7 Å². The maximum Gasteiger partial charge on any atom is 0.242 e. The second kappa shape index (κ2) is 21.5. The summed E-state index contributed by atoms with van der Waals surface area (Å²) in [6, 6.07) is 9.03. The summed E-state index contributed by atoms with van der Waals surface area (Å²) in [6.45, 7) is 12.5. The number of hydrogen-bond acceptors (Lipinski definition) is 9. The second-order valence-corrected chi connectivity index (χ2v) is 15.7. The molecule has 1 fully saturated rings. The minimum Gasteiger partial charge on any atom is -0.379 e. The highest BCUT2D eigenvalue weighted by molar-refractivity contribution is 7.09. The molecule has 12 nitrogen and oxygen atoms in total. The van der Waals surface area contributed by atoms with Crippen LogP contribution in [-0.2, 0) is 35.1 Å². The number of nitrogens with one attached hydrogen (secondary N) is 3. The molecule has 0 radical (unpaired) electrons. The number of unbranched alkanes of at least 4 members (excludes halogenated alkanes) is 1. The lowest BCUT2D eigenvalue weighted by molar-refractivity contribution is -0.147. The highest BCUT2D eigenvalue weighted by Gasteiger charge is 2.43. The Bertz CT molecular complexity index is 1430. The number of thiazole rings is 1. The molecular formula is C40H64N6O6S. The summed E-state index contributed by atoms with van der Waals surface area (Å²) in [5.74, 6) is -1.27. The van der Waals surface area contributed by atoms with Gasteiger partial charge in [-0.05, 0) is 58.1 Å². The Balaban J connectivity index is 1.79. The molecule has 4 amide bonds. The van der Waals surface area contributed by atoms with Crippen LogP contribution in [0.15, 0.2) is 41.9 Å². The normalized spacial score (nSPS) is 18.1. The van der Waals surface area contributed by atoms with Crippen molar-refractivity contribution in [1.82, 2.24) is 30.7 Å². The number of rotatable bonds is 22. The number of carbonyl (C=O) groups excluding carboxylic acids is 4. The van der Waals surface area contributed by atoms with Crippen LogP contribution in [0.3, 0.4) is 0 Å². The number of likely N-dealkylation sites (tertiary alicyclic amines) is 1. The van der Waals surface area contributed by atoms with Crippen LogP contribution < -0.4 is 16.0 Å². The third-order valence-corrected chi connectivity index (χ3v) is 11.7. The lowest BCUT2D eigenvalue weighted by Gasteiger charge is -2.41. The van der Waals surface area contributed by atoms with Gasteiger partial charge >= 0.3 is 0 Å². The fraction of sp³-hybridized carbons (Fsp3) is 0.675. The van der Waals surface area contributed by atoms with Crippen molar-refractivity contribution in [2.24, 2.45) is 11.8 Å². The highest BCUT2D eigenvalue weighted by Crippen LogP contribution is 2.30. The van der Waals surface area contributed by atoms with Crippen molar-refractivity contribution >= 4 is 35.0 Å². The summed E-state index contributed by atoms with van der Waals surface area (Å²) in [6.07, 6.45) is 5.22. The first-order chi connectivity index (χ1) is 25.3. The Morgan fingerprint density at radius 3 is 2.40 bits per heavy atom. The van der Waals surface area contributed by atoms with Gasteiger partial charge < -0.3 is 35.2 Å². The standard InChI is InChI=1S/C40H64N6O6S/c1-10-12-21-46(34(48)26-43-39(50)40(5,6)41-7)35(27(3)11-2)32(51-8)25-33(47)45-22-16-19-31(45)36(52-9)28(4)37(49)44-30(38-42-20-23-53-38)24-29-17-14-13-15-18-29/h13-15,17-18,20,23,27-28,30-32,35-36,41H,10-12,16,19,21-22,24-26H2,1-9H3,(H,43,50)(H,44,49). The number of ether oxygens (including phenoxy) is 2. The van der Waals surface area contributed by atoms with Gasteiger partial charge in [-0.1, -0.05) is 70.9 Å². The predicted molar refractivity (Wildman–Crippen MR) is 209 cm³/mol. The molecule has 1 aromatic heterocycles. The van der Waals surface area contributed by atoms with E-state index in [1.54, 1.807) is 41.3 Å². The predicted octanol–water partition coefficient (Wildman–Crippen LogP) is 4.75. The highest BCUT2D eigenvalue weighted by atomic mass is 32.1. The van der Waals surface area contributed by atoms with E-state index in [1.807, 2.05) is 52.4 Å². The van der Waals surface area contributed by atoms with Crippen LogP contribution >= 0.6 is 11.3 Å². The molecule has 1 aliphatic rings. The van der Waals surface area contributed by atoms with E-state index in [1.165, 1.54) is 11.3 Å². The largest absolute Gasteiger partial charge is 0.379 e. The fourth-order valence-corrected chi connectivity index (χ4v) is 7.85. The van der Waals surface area contributed by atoms with Gasteiger partial charge in [0.15, 0.2) is 0 Å². The van der Waals surface area contributed by atoms with Gasteiger partial charge in [-0.2, -0.15) is 0 Å². The average molecular weight is 757 g/mol. The molecule has 1 saturated heterocycles. The molecule has 0 saturated carbocycles. The van der Waals surface area contributed by atoms with Crippen LogP contribution in [0.2, 0.25) is 0 Å². The van der Waals surface area contributed by atoms with Crippen molar-refractivity contribution in [3.63, 3.8) is 0 Å². The molecule has 296 valence electrons. The zero-order valence-corrected chi connectivity index (χ0v) is 34.2. The zero-order valence-electron chi connectivity index (χ0n) is 33.4. The van der Waals surface area contributed by atoms with E-state index in [2.05, 4.69) is 41.7 Å². The van der Waals surface area contributed by atoms with Crippen molar-refractivity contribution in [3.8, 4) is 0 Å². The van der Waals surface area contributed by atoms with Gasteiger partial charge in [0, 0.05) is 38.9 Å². The molecule has 0 aliphatic carbocycles. The van der Waals surface area contributed by atoms with Gasteiger partial charge in [-0.3, -0.25) is 19.2 Å². The minimum atomic E-state index is -0.832. The third kappa shape index (κ3) is 12.1. The quantitative estimate of drug-likeness (QED) is 0.156. The maximum atomic E-state index is 14.3. The van der Waals surface area contributed by atoms with Crippen LogP contribution in [0.1, 0.15) is 96.7 Å². The maximum absolute atomic E-state index is 14.3. The Morgan fingerprint density at radius 1 is 1.09 bits per heavy atom. The van der Waals surface area contributed by atoms with E-state index in [0.29, 0.717) is 25.9 Å². The van der Waals surface area contributed by atoms with Crippen LogP contribution in [0.4, 0.5) is 0 Å². The number of nitrogens with zero attached hydrogens (tertiary/aromatic N) is 3. The van der Waals surface area contributed by atoms with Crippen LogP contribution in [0, 0.1) is 11.8 Å². The summed E-state index contributed by atoms with van der Waals surface area (Å²) in [5, 5.41) is 11.7. The third-order valence-electron chi connectivity index (χ3n) is 10.8. The Morgan fingerprint density at radius 2 is 1.81 bits per heavy atom. The molecule has 3 N–H and O–H groups in total. The van der Waals surface area contributed by atoms with Crippen molar-refractivity contribution in [1.29, 1.82) is 0 Å². The van der Waals surface area contributed by atoms with Crippen molar-refractivity contribution in [3.05, 3.63) is 52.5 Å². The molecule has 0 spiro atoms. The fourth-order valence-electron chi connectivity index (χ4n) is 7.16. The Hall–Kier alpha value is -3.39. The number of likely N-dealkylation sites (N-methyl/N-ethyl adjacent to an activating group) is 1. The lowest BCUT2D eigenvalue weighted by atomic mass is 9.89. The van der Waals surface area contributed by atoms with Crippen LogP contribution in [-0.4, -0.2) is 109 Å². The molecule has 0 bridgehead atoms. The van der Waals surface area contributed by atoms with Gasteiger partial charge in [0.25, 0.3) is 0 Å². The number of methoxy groups -OCH3 is 2. The van der Waals surface area contributed by atoms with Gasteiger partial charge in [0.1, 0.15) is 5.01 Å². The summed E-state index contributed by atoms with van der Waals surface area (Å²) >= 11 is 1.51. The van der Waals surface area contributed by atoms with Crippen LogP contribution in [0.5, 0.6) is 0 Å². The smallest absolute Gasteiger partial charge is 0.242 e. The molecule has 1 aromatic carbocycles. The van der Waals surface area contributed by atoms with E-state index in [0.717, 1.165) is 36.3 Å². The van der Waals surface area contributed by atoms with E-state index >= 15 is 0 Å². The topological polar surface area (TPSA) is 142 Å². The molecular weight excluding hydrogens is 693 g/mol. The average Bonchev–Trinajstić information content (AvgIpc) is 3.88. The summed E-state index contributed by atoms with van der Waals surface area (Å²) < 4.78 is 12.1. The summed E-state index contributed by atoms with van der Waals surface area (Å²) in [4.78, 5) is 63.0. The van der Waals surface area contributed by atoms with E-state index in [4.69, 9.17) is 9.47 Å². The SMILES string of the molecule is CCCCN(C(=O)CNC(=O)C(C)(C)NC)C(C(C)CC)C(CC(=O)N1CCCC1C(OC)C(C)C(=O)NC(Cc1ccccc1)c1nccs1)OC. The molecule has 2 aromatic rings. The van der Waals surface area contributed by atoms with E-state index in [-0.39, 0.29) is 54.6 Å². The molecule has 1 aliphatic heterocycles. The van der Waals surface area contributed by atoms with E-state index in [9.17, 15) is 19.2 Å². The molecule has 13 heteroatoms. The van der Waals surface area contributed by atoms with Crippen LogP contribution in [0.25, 0.3) is 0 Å². The first-order valence-electron chi connectivity index (χ1n) is 19.2. The second-order valence-electron chi connectivity index (χ2n) is 14.8. The summed E-state index contributed by atoms with van der Waals surface area (Å²) in [7, 11) is 4.89. The molecule has 7 atom stereocenters. The first kappa shape index (κ1) is 44.0. The Kier molecular flexibility index (Phi) is 17.8. The molecule has 2 heterocycles. The number of aromatic nitrogens is 1. The Labute approximate surface area is 321 Å². The monoisotopic (exact) mass is 756 g/mol. The molecule has 53 heavy (non-hydrogen) atoms. The van der Waals surface area contributed by atoms with Gasteiger partial charge in [-0.25, -0.2) is 4.98 Å². The van der Waals surface area contributed by atoms with Crippen molar-refractivity contribution in [2.45, 2.75) is 122 Å². The molecule has 3 rings (SSSR count). The summed E-state index contributed by atoms with van der Waals surface area (Å²) in [5.41, 5.74) is 0.263. The lowest BCUT2D eigenvalue weighted by Crippen LogP contribution is -2.57. The minimum absolute atomic E-state index is 0.0180. The van der Waals surface area contributed by atoms with Gasteiger partial charge in [0.2, 0.25) is 23.6 Å². The zero-order chi connectivity index (χ0) is 39.1. The first-order valence-corrected chi connectivity index (χ1v) is 20.1. The number of benzene rings is 1. The number of carbonyl (C=O) groups is 4. The number of amides is 4. The van der Waals surface area contributed by atoms with Crippen molar-refractivity contribution in [2.75, 3.05) is 40.9 Å². The van der Waals surface area contributed by atoms with Gasteiger partial charge in [0.05, 0.1) is 54.8 Å². The number of hydrogen-bond donors (Lipinski definition) is 3.